The first-order valence-electron chi connectivity index (χ1n) is 5.83. The molecule has 2 rings (SSSR count). The summed E-state index contributed by atoms with van der Waals surface area (Å²) in [5, 5.41) is 6.36. The molecule has 0 aliphatic heterocycles. The summed E-state index contributed by atoms with van der Waals surface area (Å²) in [7, 11) is 0. The van der Waals surface area contributed by atoms with Gasteiger partial charge in [-0.1, -0.05) is 23.2 Å². The molecular weight excluding hydrogens is 331 g/mol. The molecule has 0 unspecified atom stereocenters. The van der Waals surface area contributed by atoms with Crippen LogP contribution in [0.5, 0.6) is 0 Å². The summed E-state index contributed by atoms with van der Waals surface area (Å²) < 4.78 is 5.07. The lowest BCUT2D eigenvalue weighted by Gasteiger charge is -2.09. The van der Waals surface area contributed by atoms with E-state index in [4.69, 9.17) is 39.8 Å². The first kappa shape index (κ1) is 15.6. The highest BCUT2D eigenvalue weighted by Crippen LogP contribution is 2.25. The predicted octanol–water partition coefficient (Wildman–Crippen LogP) is 4.11. The Balaban J connectivity index is 1.90. The van der Waals surface area contributed by atoms with Crippen molar-refractivity contribution in [2.75, 3.05) is 5.32 Å². The maximum atomic E-state index is 11.7. The standard InChI is InChI=1S/C14H10Cl2N2O2S/c15-9-3-5-12(11(16)8-9)17-14(21)18-13(19)6-4-10-2-1-7-20-10/h1-8H,(H2,17,18,19,21)/b6-4+. The van der Waals surface area contributed by atoms with E-state index >= 15 is 0 Å². The smallest absolute Gasteiger partial charge is 0.250 e. The summed E-state index contributed by atoms with van der Waals surface area (Å²) >= 11 is 16.8. The monoisotopic (exact) mass is 340 g/mol. The number of carbonyl (C=O) groups is 1. The number of rotatable bonds is 3. The van der Waals surface area contributed by atoms with Crippen LogP contribution in [0.25, 0.3) is 6.08 Å². The second-order valence-electron chi connectivity index (χ2n) is 3.92. The van der Waals surface area contributed by atoms with Gasteiger partial charge < -0.3 is 9.73 Å². The first-order valence-corrected chi connectivity index (χ1v) is 6.99. The molecule has 7 heteroatoms. The fraction of sp³-hybridized carbons (Fsp3) is 0. The summed E-state index contributed by atoms with van der Waals surface area (Å²) in [6, 6.07) is 8.37. The fourth-order valence-corrected chi connectivity index (χ4v) is 2.11. The van der Waals surface area contributed by atoms with Crippen LogP contribution in [0.2, 0.25) is 10.0 Å². The van der Waals surface area contributed by atoms with Crippen LogP contribution in [-0.4, -0.2) is 11.0 Å². The third kappa shape index (κ3) is 4.90. The van der Waals surface area contributed by atoms with Crippen molar-refractivity contribution in [2.45, 2.75) is 0 Å². The molecule has 1 aromatic carbocycles. The summed E-state index contributed by atoms with van der Waals surface area (Å²) in [5.74, 6) is 0.193. The van der Waals surface area contributed by atoms with Gasteiger partial charge in [0.25, 0.3) is 0 Å². The number of thiocarbonyl (C=S) groups is 1. The van der Waals surface area contributed by atoms with Crippen LogP contribution < -0.4 is 10.6 Å². The third-order valence-electron chi connectivity index (χ3n) is 2.36. The van der Waals surface area contributed by atoms with Gasteiger partial charge in [0, 0.05) is 11.1 Å². The van der Waals surface area contributed by atoms with Gasteiger partial charge in [0.05, 0.1) is 17.0 Å². The van der Waals surface area contributed by atoms with E-state index in [-0.39, 0.29) is 11.0 Å². The lowest BCUT2D eigenvalue weighted by atomic mass is 10.3. The number of benzene rings is 1. The van der Waals surface area contributed by atoms with Gasteiger partial charge in [0.2, 0.25) is 5.91 Å². The van der Waals surface area contributed by atoms with Crippen molar-refractivity contribution in [1.29, 1.82) is 0 Å². The minimum Gasteiger partial charge on any atom is -0.465 e. The maximum absolute atomic E-state index is 11.7. The Bertz CT molecular complexity index is 684. The Morgan fingerprint density at radius 2 is 2.10 bits per heavy atom. The van der Waals surface area contributed by atoms with Crippen LogP contribution in [0.4, 0.5) is 5.69 Å². The minimum absolute atomic E-state index is 0.133. The van der Waals surface area contributed by atoms with Gasteiger partial charge in [-0.15, -0.1) is 0 Å². The van der Waals surface area contributed by atoms with Gasteiger partial charge in [-0.05, 0) is 48.6 Å². The van der Waals surface area contributed by atoms with E-state index in [0.717, 1.165) is 0 Å². The highest BCUT2D eigenvalue weighted by atomic mass is 35.5. The molecule has 1 aromatic heterocycles. The Kier molecular flexibility index (Phi) is 5.38. The van der Waals surface area contributed by atoms with Crippen molar-refractivity contribution >= 4 is 58.2 Å². The minimum atomic E-state index is -0.381. The highest BCUT2D eigenvalue weighted by Gasteiger charge is 2.05. The van der Waals surface area contributed by atoms with Gasteiger partial charge in [-0.25, -0.2) is 0 Å². The van der Waals surface area contributed by atoms with Crippen molar-refractivity contribution in [2.24, 2.45) is 0 Å². The molecule has 108 valence electrons. The second kappa shape index (κ2) is 7.26. The van der Waals surface area contributed by atoms with E-state index in [0.29, 0.717) is 21.5 Å². The molecule has 0 radical (unpaired) electrons. The van der Waals surface area contributed by atoms with Crippen LogP contribution in [0.1, 0.15) is 5.76 Å². The molecule has 0 aliphatic carbocycles. The van der Waals surface area contributed by atoms with Crippen molar-refractivity contribution in [3.8, 4) is 0 Å². The zero-order valence-corrected chi connectivity index (χ0v) is 12.9. The number of anilines is 1. The Hall–Kier alpha value is -1.82. The van der Waals surface area contributed by atoms with Gasteiger partial charge in [0.1, 0.15) is 5.76 Å². The lowest BCUT2D eigenvalue weighted by molar-refractivity contribution is -0.115. The fourth-order valence-electron chi connectivity index (χ4n) is 1.44. The van der Waals surface area contributed by atoms with Crippen LogP contribution in [0, 0.1) is 0 Å². The first-order chi connectivity index (χ1) is 10.0. The van der Waals surface area contributed by atoms with Gasteiger partial charge in [-0.3, -0.25) is 10.1 Å². The summed E-state index contributed by atoms with van der Waals surface area (Å²) in [5.41, 5.74) is 0.557. The molecule has 4 nitrogen and oxygen atoms in total. The van der Waals surface area contributed by atoms with E-state index in [1.54, 1.807) is 30.3 Å². The van der Waals surface area contributed by atoms with Crippen LogP contribution >= 0.6 is 35.4 Å². The molecule has 0 spiro atoms. The summed E-state index contributed by atoms with van der Waals surface area (Å²) in [6.07, 6.45) is 4.37. The number of hydrogen-bond acceptors (Lipinski definition) is 3. The summed E-state index contributed by atoms with van der Waals surface area (Å²) in [6.45, 7) is 0. The van der Waals surface area contributed by atoms with Gasteiger partial charge in [-0.2, -0.15) is 0 Å². The number of carbonyl (C=O) groups excluding carboxylic acids is 1. The average molecular weight is 341 g/mol. The molecule has 2 N–H and O–H groups in total. The second-order valence-corrected chi connectivity index (χ2v) is 5.17. The molecule has 1 amide bonds. The zero-order chi connectivity index (χ0) is 15.2. The van der Waals surface area contributed by atoms with Crippen LogP contribution in [-0.2, 0) is 4.79 Å². The normalized spacial score (nSPS) is 10.6. The molecule has 21 heavy (non-hydrogen) atoms. The van der Waals surface area contributed by atoms with Gasteiger partial charge in [0.15, 0.2) is 5.11 Å². The molecule has 0 bridgehead atoms. The van der Waals surface area contributed by atoms with E-state index in [1.807, 2.05) is 0 Å². The molecule has 2 aromatic rings. The van der Waals surface area contributed by atoms with Crippen LogP contribution in [0.3, 0.4) is 0 Å². The van der Waals surface area contributed by atoms with Crippen molar-refractivity contribution in [1.82, 2.24) is 5.32 Å². The zero-order valence-electron chi connectivity index (χ0n) is 10.6. The molecule has 1 heterocycles. The quantitative estimate of drug-likeness (QED) is 0.652. The van der Waals surface area contributed by atoms with E-state index in [9.17, 15) is 4.79 Å². The topological polar surface area (TPSA) is 54.3 Å². The number of halogens is 2. The molecule has 0 fully saturated rings. The molecule has 0 atom stereocenters. The average Bonchev–Trinajstić information content (AvgIpc) is 2.93. The van der Waals surface area contributed by atoms with E-state index < -0.39 is 0 Å². The number of nitrogens with one attached hydrogen (secondary N) is 2. The van der Waals surface area contributed by atoms with Crippen molar-refractivity contribution < 1.29 is 9.21 Å². The van der Waals surface area contributed by atoms with E-state index in [1.165, 1.54) is 18.4 Å². The lowest BCUT2D eigenvalue weighted by Crippen LogP contribution is -2.32. The highest BCUT2D eigenvalue weighted by molar-refractivity contribution is 7.80. The van der Waals surface area contributed by atoms with Crippen LogP contribution in [0.15, 0.2) is 47.1 Å². The number of furan rings is 1. The largest absolute Gasteiger partial charge is 0.465 e. The number of hydrogen-bond donors (Lipinski definition) is 2. The van der Waals surface area contributed by atoms with E-state index in [2.05, 4.69) is 10.6 Å². The SMILES string of the molecule is O=C(/C=C/c1ccco1)NC(=S)Nc1ccc(Cl)cc1Cl. The Labute approximate surface area is 136 Å². The Morgan fingerprint density at radius 1 is 1.29 bits per heavy atom. The predicted molar refractivity (Wildman–Crippen MR) is 88.6 cm³/mol. The number of amides is 1. The molecule has 0 saturated carbocycles. The summed E-state index contributed by atoms with van der Waals surface area (Å²) in [4.78, 5) is 11.7. The van der Waals surface area contributed by atoms with Gasteiger partial charge >= 0.3 is 0 Å². The van der Waals surface area contributed by atoms with Crippen molar-refractivity contribution in [3.63, 3.8) is 0 Å². The molecule has 0 saturated heterocycles. The van der Waals surface area contributed by atoms with Crippen molar-refractivity contribution in [3.05, 3.63) is 58.5 Å². The maximum Gasteiger partial charge on any atom is 0.250 e. The third-order valence-corrected chi connectivity index (χ3v) is 3.11. The molecular formula is C14H10Cl2N2O2S. The molecule has 0 aliphatic rings. The Morgan fingerprint density at radius 3 is 2.76 bits per heavy atom.